The average molecular weight is 224 g/mol. The Morgan fingerprint density at radius 2 is 1.81 bits per heavy atom. The van der Waals surface area contributed by atoms with Gasteiger partial charge in [0, 0.05) is 5.54 Å². The van der Waals surface area contributed by atoms with E-state index in [9.17, 15) is 4.39 Å². The highest BCUT2D eigenvalue weighted by molar-refractivity contribution is 5.36. The van der Waals surface area contributed by atoms with E-state index < -0.39 is 5.95 Å². The van der Waals surface area contributed by atoms with Gasteiger partial charge < -0.3 is 5.32 Å². The zero-order valence-corrected chi connectivity index (χ0v) is 10.8. The van der Waals surface area contributed by atoms with Crippen LogP contribution in [-0.2, 0) is 0 Å². The van der Waals surface area contributed by atoms with Crippen molar-refractivity contribution < 1.29 is 4.39 Å². The summed E-state index contributed by atoms with van der Waals surface area (Å²) in [7, 11) is 0. The summed E-state index contributed by atoms with van der Waals surface area (Å²) in [6, 6.07) is 4.80. The van der Waals surface area contributed by atoms with Gasteiger partial charge in [-0.15, -0.1) is 0 Å². The molecule has 1 aromatic rings. The molecule has 0 atom stereocenters. The third-order valence-electron chi connectivity index (χ3n) is 2.15. The van der Waals surface area contributed by atoms with Crippen LogP contribution in [0, 0.1) is 11.4 Å². The lowest BCUT2D eigenvalue weighted by atomic mass is 9.82. The number of hydrogen-bond donors (Lipinski definition) is 1. The molecule has 0 radical (unpaired) electrons. The van der Waals surface area contributed by atoms with Crippen molar-refractivity contribution in [3.05, 3.63) is 24.1 Å². The molecule has 90 valence electrons. The number of nitrogens with one attached hydrogen (secondary N) is 1. The molecule has 1 aromatic heterocycles. The molecule has 0 bridgehead atoms. The smallest absolute Gasteiger partial charge is 0.214 e. The first-order valence-corrected chi connectivity index (χ1v) is 5.59. The SMILES string of the molecule is CC(C)(C)CC(C)(C)Nc1cccc(F)n1. The van der Waals surface area contributed by atoms with Crippen molar-refractivity contribution in [2.24, 2.45) is 5.41 Å². The molecule has 1 rings (SSSR count). The first-order chi connectivity index (χ1) is 7.18. The summed E-state index contributed by atoms with van der Waals surface area (Å²) >= 11 is 0. The van der Waals surface area contributed by atoms with Crippen molar-refractivity contribution >= 4 is 5.82 Å². The van der Waals surface area contributed by atoms with Gasteiger partial charge in [0.2, 0.25) is 5.95 Å². The summed E-state index contributed by atoms with van der Waals surface area (Å²) in [6.45, 7) is 10.8. The van der Waals surface area contributed by atoms with Crippen LogP contribution in [0.15, 0.2) is 18.2 Å². The molecule has 0 aromatic carbocycles. The van der Waals surface area contributed by atoms with Gasteiger partial charge in [-0.1, -0.05) is 26.8 Å². The van der Waals surface area contributed by atoms with Gasteiger partial charge in [0.05, 0.1) is 0 Å². The van der Waals surface area contributed by atoms with Crippen LogP contribution in [0.25, 0.3) is 0 Å². The quantitative estimate of drug-likeness (QED) is 0.789. The largest absolute Gasteiger partial charge is 0.365 e. The molecule has 0 saturated carbocycles. The fourth-order valence-corrected chi connectivity index (χ4v) is 2.19. The predicted octanol–water partition coefficient (Wildman–Crippen LogP) is 3.85. The van der Waals surface area contributed by atoms with Gasteiger partial charge in [0.25, 0.3) is 0 Å². The summed E-state index contributed by atoms with van der Waals surface area (Å²) in [5, 5.41) is 3.26. The Morgan fingerprint density at radius 1 is 1.19 bits per heavy atom. The van der Waals surface area contributed by atoms with E-state index in [2.05, 4.69) is 44.9 Å². The van der Waals surface area contributed by atoms with E-state index in [1.54, 1.807) is 12.1 Å². The van der Waals surface area contributed by atoms with Crippen LogP contribution >= 0.6 is 0 Å². The van der Waals surface area contributed by atoms with Gasteiger partial charge in [-0.2, -0.15) is 4.39 Å². The Morgan fingerprint density at radius 3 is 2.31 bits per heavy atom. The van der Waals surface area contributed by atoms with Gasteiger partial charge in [-0.3, -0.25) is 0 Å². The molecule has 0 amide bonds. The zero-order chi connectivity index (χ0) is 12.4. The Labute approximate surface area is 97.3 Å². The molecule has 1 N–H and O–H groups in total. The molecule has 16 heavy (non-hydrogen) atoms. The summed E-state index contributed by atoms with van der Waals surface area (Å²) in [4.78, 5) is 3.81. The van der Waals surface area contributed by atoms with E-state index in [-0.39, 0.29) is 11.0 Å². The third kappa shape index (κ3) is 4.60. The van der Waals surface area contributed by atoms with Gasteiger partial charge in [-0.05, 0) is 37.8 Å². The zero-order valence-electron chi connectivity index (χ0n) is 10.8. The first kappa shape index (κ1) is 12.9. The lowest BCUT2D eigenvalue weighted by Crippen LogP contribution is -2.35. The highest BCUT2D eigenvalue weighted by atomic mass is 19.1. The summed E-state index contributed by atoms with van der Waals surface area (Å²) in [5.74, 6) is 0.144. The van der Waals surface area contributed by atoms with E-state index in [0.717, 1.165) is 6.42 Å². The van der Waals surface area contributed by atoms with Crippen molar-refractivity contribution in [2.45, 2.75) is 46.6 Å². The molecule has 0 saturated heterocycles. The van der Waals surface area contributed by atoms with Crippen molar-refractivity contribution in [1.29, 1.82) is 0 Å². The van der Waals surface area contributed by atoms with E-state index >= 15 is 0 Å². The van der Waals surface area contributed by atoms with Gasteiger partial charge >= 0.3 is 0 Å². The Hall–Kier alpha value is -1.12. The first-order valence-electron chi connectivity index (χ1n) is 5.59. The molecular formula is C13H21FN2. The molecular weight excluding hydrogens is 203 g/mol. The maximum atomic E-state index is 12.9. The summed E-state index contributed by atoms with van der Waals surface area (Å²) in [5.41, 5.74) is 0.128. The van der Waals surface area contributed by atoms with Crippen LogP contribution in [0.3, 0.4) is 0 Å². The predicted molar refractivity (Wildman–Crippen MR) is 66.0 cm³/mol. The van der Waals surface area contributed by atoms with Crippen molar-refractivity contribution in [3.8, 4) is 0 Å². The van der Waals surface area contributed by atoms with E-state index in [4.69, 9.17) is 0 Å². The fraction of sp³-hybridized carbons (Fsp3) is 0.615. The second-order valence-electron chi connectivity index (χ2n) is 6.09. The Bertz CT molecular complexity index is 353. The van der Waals surface area contributed by atoms with Gasteiger partial charge in [-0.25, -0.2) is 4.98 Å². The molecule has 0 aliphatic heterocycles. The number of aromatic nitrogens is 1. The summed E-state index contributed by atoms with van der Waals surface area (Å²) in [6.07, 6.45) is 0.984. The maximum Gasteiger partial charge on any atom is 0.214 e. The number of anilines is 1. The Kier molecular flexibility index (Phi) is 3.56. The number of rotatable bonds is 3. The molecule has 2 nitrogen and oxygen atoms in total. The number of hydrogen-bond acceptors (Lipinski definition) is 2. The van der Waals surface area contributed by atoms with Crippen LogP contribution in [0.4, 0.5) is 10.2 Å². The van der Waals surface area contributed by atoms with Crippen LogP contribution < -0.4 is 5.32 Å². The third-order valence-corrected chi connectivity index (χ3v) is 2.15. The topological polar surface area (TPSA) is 24.9 Å². The van der Waals surface area contributed by atoms with Crippen molar-refractivity contribution in [2.75, 3.05) is 5.32 Å². The van der Waals surface area contributed by atoms with Crippen LogP contribution in [0.5, 0.6) is 0 Å². The molecule has 1 heterocycles. The number of nitrogens with zero attached hydrogens (tertiary/aromatic N) is 1. The lowest BCUT2D eigenvalue weighted by molar-refractivity contribution is 0.302. The maximum absolute atomic E-state index is 12.9. The minimum Gasteiger partial charge on any atom is -0.365 e. The highest BCUT2D eigenvalue weighted by Crippen LogP contribution is 2.29. The number of halogens is 1. The Balaban J connectivity index is 2.72. The van der Waals surface area contributed by atoms with Crippen LogP contribution in [0.1, 0.15) is 41.0 Å². The molecule has 0 aliphatic rings. The van der Waals surface area contributed by atoms with Crippen molar-refractivity contribution in [3.63, 3.8) is 0 Å². The van der Waals surface area contributed by atoms with Crippen molar-refractivity contribution in [1.82, 2.24) is 4.98 Å². The van der Waals surface area contributed by atoms with Gasteiger partial charge in [0.1, 0.15) is 5.82 Å². The standard InChI is InChI=1S/C13H21FN2/c1-12(2,3)9-13(4,5)16-11-8-6-7-10(14)15-11/h6-8H,9H2,1-5H3,(H,15,16). The second-order valence-corrected chi connectivity index (χ2v) is 6.09. The fourth-order valence-electron chi connectivity index (χ4n) is 2.19. The van der Waals surface area contributed by atoms with Crippen LogP contribution in [-0.4, -0.2) is 10.5 Å². The van der Waals surface area contributed by atoms with Crippen LogP contribution in [0.2, 0.25) is 0 Å². The van der Waals surface area contributed by atoms with E-state index in [1.807, 2.05) is 0 Å². The molecule has 0 unspecified atom stereocenters. The molecule has 0 spiro atoms. The normalized spacial score (nSPS) is 12.6. The van der Waals surface area contributed by atoms with Gasteiger partial charge in [0.15, 0.2) is 0 Å². The second kappa shape index (κ2) is 4.40. The molecule has 3 heteroatoms. The monoisotopic (exact) mass is 224 g/mol. The highest BCUT2D eigenvalue weighted by Gasteiger charge is 2.25. The van der Waals surface area contributed by atoms with E-state index in [0.29, 0.717) is 5.82 Å². The summed E-state index contributed by atoms with van der Waals surface area (Å²) < 4.78 is 12.9. The molecule has 0 aliphatic carbocycles. The lowest BCUT2D eigenvalue weighted by Gasteiger charge is -2.33. The van der Waals surface area contributed by atoms with E-state index in [1.165, 1.54) is 6.07 Å². The number of pyridine rings is 1. The minimum absolute atomic E-state index is 0.0982. The minimum atomic E-state index is -0.448. The molecule has 0 fully saturated rings. The average Bonchev–Trinajstić information content (AvgIpc) is 1.96.